The topological polar surface area (TPSA) is 95.1 Å². The highest BCUT2D eigenvalue weighted by Gasteiger charge is 2.17. The normalized spacial score (nSPS) is 10.9. The Hall–Kier alpha value is -3.43. The lowest BCUT2D eigenvalue weighted by molar-refractivity contribution is 0.0932. The van der Waals surface area contributed by atoms with Gasteiger partial charge in [-0.2, -0.15) is 0 Å². The third-order valence-corrected chi connectivity index (χ3v) is 5.53. The first-order chi connectivity index (χ1) is 15.7. The summed E-state index contributed by atoms with van der Waals surface area (Å²) >= 11 is 1.45. The molecule has 0 radical (unpaired) electrons. The fraction of sp³-hybridized carbons (Fsp3) is 0.217. The summed E-state index contributed by atoms with van der Waals surface area (Å²) < 4.78 is 12.5. The summed E-state index contributed by atoms with van der Waals surface area (Å²) in [6, 6.07) is 20.2. The standard InChI is InChI=1S/C23H23N5O3S/c1-30-13-12-24-22(29)19-15-31-21(25-19)16-32-23-27-26-20(14-17-8-4-2-5-9-17)28(23)18-10-6-3-7-11-18/h2-11,15H,12-14,16H2,1H3,(H,24,29). The van der Waals surface area contributed by atoms with Gasteiger partial charge in [-0.1, -0.05) is 60.3 Å². The Morgan fingerprint density at radius 1 is 1.09 bits per heavy atom. The number of methoxy groups -OCH3 is 1. The van der Waals surface area contributed by atoms with Crippen molar-refractivity contribution in [3.8, 4) is 5.69 Å². The molecule has 0 bridgehead atoms. The maximum atomic E-state index is 12.1. The van der Waals surface area contributed by atoms with Gasteiger partial charge in [0.15, 0.2) is 10.9 Å². The van der Waals surface area contributed by atoms with Crippen molar-refractivity contribution in [1.82, 2.24) is 25.1 Å². The number of carbonyl (C=O) groups excluding carboxylic acids is 1. The van der Waals surface area contributed by atoms with Crippen LogP contribution < -0.4 is 5.32 Å². The Labute approximate surface area is 190 Å². The molecule has 0 unspecified atom stereocenters. The van der Waals surface area contributed by atoms with Gasteiger partial charge in [0.2, 0.25) is 5.89 Å². The SMILES string of the molecule is COCCNC(=O)c1coc(CSc2nnc(Cc3ccccc3)n2-c2ccccc2)n1. The van der Waals surface area contributed by atoms with Crippen LogP contribution >= 0.6 is 11.8 Å². The number of hydrogen-bond acceptors (Lipinski definition) is 7. The minimum absolute atomic E-state index is 0.242. The van der Waals surface area contributed by atoms with Crippen LogP contribution in [-0.2, 0) is 16.9 Å². The highest BCUT2D eigenvalue weighted by atomic mass is 32.2. The monoisotopic (exact) mass is 449 g/mol. The molecule has 9 heteroatoms. The number of thioether (sulfide) groups is 1. The van der Waals surface area contributed by atoms with Crippen LogP contribution in [0.2, 0.25) is 0 Å². The predicted molar refractivity (Wildman–Crippen MR) is 121 cm³/mol. The third-order valence-electron chi connectivity index (χ3n) is 4.62. The van der Waals surface area contributed by atoms with E-state index in [0.717, 1.165) is 22.2 Å². The van der Waals surface area contributed by atoms with Crippen molar-refractivity contribution in [3.63, 3.8) is 0 Å². The van der Waals surface area contributed by atoms with Gasteiger partial charge in [-0.15, -0.1) is 10.2 Å². The maximum absolute atomic E-state index is 12.1. The fourth-order valence-corrected chi connectivity index (χ4v) is 3.91. The number of nitrogens with zero attached hydrogens (tertiary/aromatic N) is 4. The second-order valence-corrected chi connectivity index (χ2v) is 7.84. The number of benzene rings is 2. The number of carbonyl (C=O) groups is 1. The molecule has 164 valence electrons. The van der Waals surface area contributed by atoms with Gasteiger partial charge in [0.05, 0.1) is 12.4 Å². The zero-order chi connectivity index (χ0) is 22.2. The van der Waals surface area contributed by atoms with E-state index in [9.17, 15) is 4.79 Å². The zero-order valence-electron chi connectivity index (χ0n) is 17.6. The van der Waals surface area contributed by atoms with Crippen molar-refractivity contribution in [3.05, 3.63) is 89.9 Å². The first kappa shape index (κ1) is 21.8. The van der Waals surface area contributed by atoms with Crippen molar-refractivity contribution >= 4 is 17.7 Å². The Morgan fingerprint density at radius 3 is 2.59 bits per heavy atom. The quantitative estimate of drug-likeness (QED) is 0.292. The van der Waals surface area contributed by atoms with E-state index in [4.69, 9.17) is 9.15 Å². The van der Waals surface area contributed by atoms with Crippen molar-refractivity contribution in [1.29, 1.82) is 0 Å². The van der Waals surface area contributed by atoms with Crippen molar-refractivity contribution in [2.45, 2.75) is 17.3 Å². The largest absolute Gasteiger partial charge is 0.447 e. The van der Waals surface area contributed by atoms with Gasteiger partial charge >= 0.3 is 0 Å². The summed E-state index contributed by atoms with van der Waals surface area (Å²) in [4.78, 5) is 16.4. The van der Waals surface area contributed by atoms with E-state index in [1.54, 1.807) is 7.11 Å². The average Bonchev–Trinajstić information content (AvgIpc) is 3.46. The smallest absolute Gasteiger partial charge is 0.273 e. The summed E-state index contributed by atoms with van der Waals surface area (Å²) in [5.74, 6) is 1.41. The van der Waals surface area contributed by atoms with Crippen LogP contribution in [0.3, 0.4) is 0 Å². The lowest BCUT2D eigenvalue weighted by Gasteiger charge is -2.10. The summed E-state index contributed by atoms with van der Waals surface area (Å²) in [5.41, 5.74) is 2.38. The highest BCUT2D eigenvalue weighted by molar-refractivity contribution is 7.98. The molecule has 0 spiro atoms. The average molecular weight is 450 g/mol. The number of hydrogen-bond donors (Lipinski definition) is 1. The van der Waals surface area contributed by atoms with Crippen molar-refractivity contribution in [2.75, 3.05) is 20.3 Å². The lowest BCUT2D eigenvalue weighted by atomic mass is 10.1. The Bertz CT molecular complexity index is 1140. The van der Waals surface area contributed by atoms with E-state index < -0.39 is 0 Å². The van der Waals surface area contributed by atoms with Gasteiger partial charge in [0, 0.05) is 25.8 Å². The van der Waals surface area contributed by atoms with Gasteiger partial charge in [-0.3, -0.25) is 9.36 Å². The van der Waals surface area contributed by atoms with Crippen LogP contribution in [0, 0.1) is 0 Å². The molecular weight excluding hydrogens is 426 g/mol. The van der Waals surface area contributed by atoms with Gasteiger partial charge in [0.1, 0.15) is 12.1 Å². The van der Waals surface area contributed by atoms with E-state index in [0.29, 0.717) is 31.2 Å². The van der Waals surface area contributed by atoms with Crippen molar-refractivity contribution in [2.24, 2.45) is 0 Å². The van der Waals surface area contributed by atoms with E-state index in [1.165, 1.54) is 18.0 Å². The van der Waals surface area contributed by atoms with Gasteiger partial charge in [-0.05, 0) is 17.7 Å². The number of para-hydroxylation sites is 1. The van der Waals surface area contributed by atoms with E-state index in [1.807, 2.05) is 53.1 Å². The molecule has 2 aromatic carbocycles. The van der Waals surface area contributed by atoms with Crippen LogP contribution in [0.15, 0.2) is 76.5 Å². The number of ether oxygens (including phenoxy) is 1. The number of amides is 1. The number of oxazole rings is 1. The van der Waals surface area contributed by atoms with Crippen molar-refractivity contribution < 1.29 is 13.9 Å². The maximum Gasteiger partial charge on any atom is 0.273 e. The number of aromatic nitrogens is 4. The summed E-state index contributed by atoms with van der Waals surface area (Å²) in [6.45, 7) is 0.851. The lowest BCUT2D eigenvalue weighted by Crippen LogP contribution is -2.27. The molecule has 0 aliphatic rings. The van der Waals surface area contributed by atoms with Gasteiger partial charge in [-0.25, -0.2) is 4.98 Å². The molecule has 0 aliphatic carbocycles. The molecular formula is C23H23N5O3S. The van der Waals surface area contributed by atoms with Crippen LogP contribution in [0.25, 0.3) is 5.69 Å². The highest BCUT2D eigenvalue weighted by Crippen LogP contribution is 2.26. The molecule has 0 atom stereocenters. The minimum atomic E-state index is -0.292. The van der Waals surface area contributed by atoms with Crippen LogP contribution in [0.1, 0.15) is 27.8 Å². The van der Waals surface area contributed by atoms with Crippen LogP contribution in [0.4, 0.5) is 0 Å². The summed E-state index contributed by atoms with van der Waals surface area (Å²) in [6.07, 6.45) is 2.02. The molecule has 1 N–H and O–H groups in total. The second kappa shape index (κ2) is 10.7. The summed E-state index contributed by atoms with van der Waals surface area (Å²) in [7, 11) is 1.58. The molecule has 0 fully saturated rings. The molecule has 8 nitrogen and oxygen atoms in total. The second-order valence-electron chi connectivity index (χ2n) is 6.90. The van der Waals surface area contributed by atoms with Crippen LogP contribution in [-0.4, -0.2) is 45.9 Å². The van der Waals surface area contributed by atoms with E-state index in [2.05, 4.69) is 32.6 Å². The predicted octanol–water partition coefficient (Wildman–Crippen LogP) is 3.51. The molecule has 1 amide bonds. The minimum Gasteiger partial charge on any atom is -0.447 e. The molecule has 4 aromatic rings. The molecule has 2 aromatic heterocycles. The van der Waals surface area contributed by atoms with Gasteiger partial charge < -0.3 is 14.5 Å². The molecule has 2 heterocycles. The van der Waals surface area contributed by atoms with E-state index in [-0.39, 0.29) is 11.6 Å². The van der Waals surface area contributed by atoms with Gasteiger partial charge in [0.25, 0.3) is 5.91 Å². The first-order valence-electron chi connectivity index (χ1n) is 10.1. The number of rotatable bonds is 10. The molecule has 32 heavy (non-hydrogen) atoms. The Kier molecular flexibility index (Phi) is 7.31. The van der Waals surface area contributed by atoms with Crippen LogP contribution in [0.5, 0.6) is 0 Å². The first-order valence-corrected chi connectivity index (χ1v) is 11.1. The molecule has 0 saturated heterocycles. The molecule has 4 rings (SSSR count). The number of nitrogens with one attached hydrogen (secondary N) is 1. The fourth-order valence-electron chi connectivity index (χ4n) is 3.09. The third kappa shape index (κ3) is 5.43. The molecule has 0 aliphatic heterocycles. The molecule has 0 saturated carbocycles. The summed E-state index contributed by atoms with van der Waals surface area (Å²) in [5, 5.41) is 12.3. The zero-order valence-corrected chi connectivity index (χ0v) is 18.4. The Morgan fingerprint density at radius 2 is 1.84 bits per heavy atom. The Balaban J connectivity index is 1.50. The van der Waals surface area contributed by atoms with E-state index >= 15 is 0 Å².